The highest BCUT2D eigenvalue weighted by molar-refractivity contribution is 7.91. The highest BCUT2D eigenvalue weighted by Crippen LogP contribution is 2.29. The van der Waals surface area contributed by atoms with Gasteiger partial charge < -0.3 is 10.6 Å². The average molecular weight is 375 g/mol. The van der Waals surface area contributed by atoms with Crippen LogP contribution in [-0.2, 0) is 19.4 Å². The number of amides is 2. The number of pyridine rings is 1. The predicted molar refractivity (Wildman–Crippen MR) is 97.2 cm³/mol. The van der Waals surface area contributed by atoms with Crippen molar-refractivity contribution < 1.29 is 18.0 Å². The van der Waals surface area contributed by atoms with Gasteiger partial charge in [0.2, 0.25) is 0 Å². The van der Waals surface area contributed by atoms with Crippen LogP contribution in [0.5, 0.6) is 0 Å². The second kappa shape index (κ2) is 8.09. The Kier molecular flexibility index (Phi) is 6.10. The third-order valence-electron chi connectivity index (χ3n) is 4.12. The molecular weight excluding hydrogens is 354 g/mol. The number of aryl methyl sites for hydroxylation is 2. The van der Waals surface area contributed by atoms with E-state index in [9.17, 15) is 18.0 Å². The van der Waals surface area contributed by atoms with E-state index in [4.69, 9.17) is 0 Å². The summed E-state index contributed by atoms with van der Waals surface area (Å²) in [4.78, 5) is 27.2. The smallest absolute Gasteiger partial charge is 0.309 e. The van der Waals surface area contributed by atoms with E-state index in [0.29, 0.717) is 5.56 Å². The van der Waals surface area contributed by atoms with Crippen LogP contribution in [0.2, 0.25) is 0 Å². The Morgan fingerprint density at radius 3 is 2.42 bits per heavy atom. The van der Waals surface area contributed by atoms with Gasteiger partial charge in [-0.2, -0.15) is 0 Å². The molecule has 2 N–H and O–H groups in total. The fraction of sp³-hybridized carbons (Fsp3) is 0.278. The van der Waals surface area contributed by atoms with Crippen LogP contribution < -0.4 is 10.6 Å². The molecule has 1 aromatic heterocycles. The first kappa shape index (κ1) is 19.6. The molecule has 0 bridgehead atoms. The van der Waals surface area contributed by atoms with Gasteiger partial charge in [0.25, 0.3) is 0 Å². The van der Waals surface area contributed by atoms with Crippen molar-refractivity contribution in [1.82, 2.24) is 15.6 Å². The fourth-order valence-corrected chi connectivity index (χ4v) is 4.14. The summed E-state index contributed by atoms with van der Waals surface area (Å²) in [6, 6.07) is 8.14. The summed E-state index contributed by atoms with van der Waals surface area (Å²) >= 11 is 0. The zero-order chi connectivity index (χ0) is 19.3. The van der Waals surface area contributed by atoms with Crippen LogP contribution >= 0.6 is 0 Å². The van der Waals surface area contributed by atoms with Gasteiger partial charge in [-0.1, -0.05) is 12.1 Å². The topological polar surface area (TPSA) is 105 Å². The summed E-state index contributed by atoms with van der Waals surface area (Å²) < 4.78 is 26.3. The molecule has 0 spiro atoms. The van der Waals surface area contributed by atoms with Crippen molar-refractivity contribution in [1.29, 1.82) is 0 Å². The van der Waals surface area contributed by atoms with E-state index < -0.39 is 26.9 Å². The Morgan fingerprint density at radius 1 is 1.12 bits per heavy atom. The molecule has 0 aliphatic rings. The summed E-state index contributed by atoms with van der Waals surface area (Å²) in [5.74, 6) is -1.73. The highest BCUT2D eigenvalue weighted by atomic mass is 32.2. The van der Waals surface area contributed by atoms with E-state index in [0.717, 1.165) is 11.1 Å². The van der Waals surface area contributed by atoms with Crippen LogP contribution in [0.25, 0.3) is 0 Å². The summed E-state index contributed by atoms with van der Waals surface area (Å²) in [5, 5.41) is 3.51. The van der Waals surface area contributed by atoms with Crippen molar-refractivity contribution in [2.75, 3.05) is 13.6 Å². The first-order valence-corrected chi connectivity index (χ1v) is 9.53. The van der Waals surface area contributed by atoms with Gasteiger partial charge in [-0.05, 0) is 48.7 Å². The predicted octanol–water partition coefficient (Wildman–Crippen LogP) is 1.08. The third kappa shape index (κ3) is 4.26. The van der Waals surface area contributed by atoms with Gasteiger partial charge >= 0.3 is 11.8 Å². The van der Waals surface area contributed by atoms with Crippen LogP contribution in [-0.4, -0.2) is 38.8 Å². The lowest BCUT2D eigenvalue weighted by Crippen LogP contribution is -2.41. The van der Waals surface area contributed by atoms with Gasteiger partial charge in [-0.25, -0.2) is 8.42 Å². The molecule has 0 radical (unpaired) electrons. The summed E-state index contributed by atoms with van der Waals surface area (Å²) in [6.45, 7) is 3.49. The molecule has 1 atom stereocenters. The number of aromatic nitrogens is 1. The van der Waals surface area contributed by atoms with E-state index in [-0.39, 0.29) is 11.4 Å². The molecule has 2 rings (SSSR count). The normalized spacial score (nSPS) is 12.3. The molecule has 26 heavy (non-hydrogen) atoms. The van der Waals surface area contributed by atoms with Crippen molar-refractivity contribution in [2.45, 2.75) is 24.0 Å². The maximum atomic E-state index is 13.2. The number of rotatable bonds is 5. The molecule has 1 heterocycles. The molecular formula is C18H21N3O4S. The number of hydrogen-bond acceptors (Lipinski definition) is 5. The molecule has 0 unspecified atom stereocenters. The lowest BCUT2D eigenvalue weighted by molar-refractivity contribution is -0.138. The minimum Gasteiger partial charge on any atom is -0.351 e. The Labute approximate surface area is 152 Å². The van der Waals surface area contributed by atoms with Gasteiger partial charge in [0.05, 0.1) is 4.90 Å². The van der Waals surface area contributed by atoms with Gasteiger partial charge in [-0.3, -0.25) is 14.6 Å². The number of hydrogen-bond donors (Lipinski definition) is 2. The number of nitrogens with one attached hydrogen (secondary N) is 2. The number of likely N-dealkylation sites (N-methyl/N-ethyl adjacent to an activating group) is 1. The van der Waals surface area contributed by atoms with Crippen molar-refractivity contribution in [3.63, 3.8) is 0 Å². The number of carbonyl (C=O) groups excluding carboxylic acids is 2. The molecule has 2 amide bonds. The molecule has 7 nitrogen and oxygen atoms in total. The molecule has 2 aromatic rings. The molecule has 0 saturated carbocycles. The lowest BCUT2D eigenvalue weighted by atomic mass is 10.1. The fourth-order valence-electron chi connectivity index (χ4n) is 2.41. The second-order valence-electron chi connectivity index (χ2n) is 5.86. The quantitative estimate of drug-likeness (QED) is 0.761. The van der Waals surface area contributed by atoms with Crippen LogP contribution in [0.1, 0.15) is 21.9 Å². The zero-order valence-corrected chi connectivity index (χ0v) is 15.6. The number of benzene rings is 1. The van der Waals surface area contributed by atoms with E-state index in [1.807, 2.05) is 13.8 Å². The van der Waals surface area contributed by atoms with E-state index in [2.05, 4.69) is 15.6 Å². The van der Waals surface area contributed by atoms with Gasteiger partial charge in [0.1, 0.15) is 5.25 Å². The van der Waals surface area contributed by atoms with Crippen molar-refractivity contribution in [3.8, 4) is 0 Å². The van der Waals surface area contributed by atoms with E-state index in [1.54, 1.807) is 30.3 Å². The Hall–Kier alpha value is -2.74. The SMILES string of the molecule is CNC(=O)C(=O)NC[C@H](c1cccnc1)S(=O)(=O)c1ccc(C)c(C)c1. The standard InChI is InChI=1S/C18H21N3O4S/c1-12-6-7-15(9-13(12)2)26(24,25)16(14-5-4-8-20-10-14)11-21-18(23)17(22)19-3/h4-10,16H,11H2,1-3H3,(H,19,22)(H,21,23)/t16-/m1/s1. The molecule has 1 aromatic carbocycles. The van der Waals surface area contributed by atoms with Crippen molar-refractivity contribution >= 4 is 21.7 Å². The minimum atomic E-state index is -3.81. The first-order valence-electron chi connectivity index (χ1n) is 7.98. The molecule has 0 saturated heterocycles. The maximum Gasteiger partial charge on any atom is 0.309 e. The summed E-state index contributed by atoms with van der Waals surface area (Å²) in [5.41, 5.74) is 2.27. The zero-order valence-electron chi connectivity index (χ0n) is 14.8. The van der Waals surface area contributed by atoms with E-state index >= 15 is 0 Å². The van der Waals surface area contributed by atoms with Gasteiger partial charge in [-0.15, -0.1) is 0 Å². The first-order chi connectivity index (χ1) is 12.3. The number of nitrogens with zero attached hydrogens (tertiary/aromatic N) is 1. The Bertz CT molecular complexity index is 911. The molecule has 0 fully saturated rings. The average Bonchev–Trinajstić information content (AvgIpc) is 2.63. The number of sulfone groups is 1. The van der Waals surface area contributed by atoms with Crippen LogP contribution in [0.4, 0.5) is 0 Å². The van der Waals surface area contributed by atoms with Crippen LogP contribution in [0, 0.1) is 13.8 Å². The Balaban J connectivity index is 2.41. The lowest BCUT2D eigenvalue weighted by Gasteiger charge is -2.19. The minimum absolute atomic E-state index is 0.156. The Morgan fingerprint density at radius 2 is 1.85 bits per heavy atom. The van der Waals surface area contributed by atoms with Gasteiger partial charge in [0, 0.05) is 26.0 Å². The largest absolute Gasteiger partial charge is 0.351 e. The highest BCUT2D eigenvalue weighted by Gasteiger charge is 2.30. The summed E-state index contributed by atoms with van der Waals surface area (Å²) in [6.07, 6.45) is 2.97. The van der Waals surface area contributed by atoms with Crippen molar-refractivity contribution in [3.05, 3.63) is 59.4 Å². The van der Waals surface area contributed by atoms with Gasteiger partial charge in [0.15, 0.2) is 9.84 Å². The monoisotopic (exact) mass is 375 g/mol. The third-order valence-corrected chi connectivity index (χ3v) is 6.22. The molecule has 0 aliphatic carbocycles. The molecule has 8 heteroatoms. The van der Waals surface area contributed by atoms with Crippen molar-refractivity contribution in [2.24, 2.45) is 0 Å². The second-order valence-corrected chi connectivity index (χ2v) is 7.99. The number of carbonyl (C=O) groups is 2. The van der Waals surface area contributed by atoms with Crippen LogP contribution in [0.15, 0.2) is 47.6 Å². The molecule has 0 aliphatic heterocycles. The van der Waals surface area contributed by atoms with Crippen LogP contribution in [0.3, 0.4) is 0 Å². The molecule has 138 valence electrons. The summed E-state index contributed by atoms with van der Waals surface area (Å²) in [7, 11) is -2.48. The maximum absolute atomic E-state index is 13.2. The van der Waals surface area contributed by atoms with E-state index in [1.165, 1.54) is 19.4 Å².